The highest BCUT2D eigenvalue weighted by Gasteiger charge is 2.11. The van der Waals surface area contributed by atoms with E-state index in [0.29, 0.717) is 11.9 Å². The third kappa shape index (κ3) is 3.37. The lowest BCUT2D eigenvalue weighted by molar-refractivity contribution is 0.612. The van der Waals surface area contributed by atoms with Gasteiger partial charge in [0, 0.05) is 13.1 Å². The average Bonchev–Trinajstić information content (AvgIpc) is 3.01. The van der Waals surface area contributed by atoms with Crippen LogP contribution in [0.2, 0.25) is 0 Å². The third-order valence-corrected chi connectivity index (χ3v) is 4.06. The Labute approximate surface area is 139 Å². The normalized spacial score (nSPS) is 15.4. The number of rotatable bonds is 5. The van der Waals surface area contributed by atoms with Crippen molar-refractivity contribution in [1.82, 2.24) is 19.7 Å². The van der Waals surface area contributed by atoms with Crippen LogP contribution in [0.1, 0.15) is 12.0 Å². The van der Waals surface area contributed by atoms with Gasteiger partial charge in [0.15, 0.2) is 0 Å². The summed E-state index contributed by atoms with van der Waals surface area (Å²) in [6, 6.07) is 7.78. The van der Waals surface area contributed by atoms with E-state index in [-0.39, 0.29) is 18.8 Å². The van der Waals surface area contributed by atoms with Crippen LogP contribution in [0.15, 0.2) is 53.4 Å². The molecule has 0 atom stereocenters. The summed E-state index contributed by atoms with van der Waals surface area (Å²) in [6.07, 6.45) is 4.99. The Morgan fingerprint density at radius 2 is 2.33 bits per heavy atom. The second kappa shape index (κ2) is 7.37. The smallest absolute Gasteiger partial charge is 0.327 e. The van der Waals surface area contributed by atoms with Crippen molar-refractivity contribution in [3.63, 3.8) is 0 Å². The first kappa shape index (κ1) is 16.4. The van der Waals surface area contributed by atoms with E-state index in [4.69, 9.17) is 5.73 Å². The fourth-order valence-corrected chi connectivity index (χ4v) is 2.70. The second-order valence-corrected chi connectivity index (χ2v) is 5.65. The van der Waals surface area contributed by atoms with Crippen LogP contribution in [0.4, 0.5) is 4.39 Å². The van der Waals surface area contributed by atoms with E-state index < -0.39 is 0 Å². The van der Waals surface area contributed by atoms with Gasteiger partial charge in [-0.25, -0.2) is 18.4 Å². The summed E-state index contributed by atoms with van der Waals surface area (Å²) >= 11 is 0. The number of nitrogens with zero attached hydrogens (tertiary/aromatic N) is 3. The molecule has 7 heteroatoms. The van der Waals surface area contributed by atoms with Gasteiger partial charge in [0.25, 0.3) is 0 Å². The monoisotopic (exact) mass is 329 g/mol. The fraction of sp³-hybridized carbons (Fsp3) is 0.294. The van der Waals surface area contributed by atoms with Crippen molar-refractivity contribution in [2.75, 3.05) is 19.6 Å². The number of nitrogens with one attached hydrogen (secondary N) is 1. The second-order valence-electron chi connectivity index (χ2n) is 5.65. The van der Waals surface area contributed by atoms with Crippen LogP contribution in [0, 0.1) is 0 Å². The van der Waals surface area contributed by atoms with Crippen molar-refractivity contribution >= 4 is 5.57 Å². The van der Waals surface area contributed by atoms with Gasteiger partial charge in [-0.15, -0.1) is 0 Å². The first-order valence-corrected chi connectivity index (χ1v) is 7.86. The molecule has 2 heterocycles. The van der Waals surface area contributed by atoms with Crippen LogP contribution in [0.3, 0.4) is 0 Å². The Morgan fingerprint density at radius 3 is 3.04 bits per heavy atom. The molecule has 3 N–H and O–H groups in total. The predicted octanol–water partition coefficient (Wildman–Crippen LogP) is 1.22. The maximum Gasteiger partial charge on any atom is 0.350 e. The number of hydrogen-bond acceptors (Lipinski definition) is 4. The first-order valence-electron chi connectivity index (χ1n) is 7.86. The zero-order valence-electron chi connectivity index (χ0n) is 13.3. The molecule has 0 unspecified atom stereocenters. The molecule has 1 aliphatic heterocycles. The molecule has 1 aliphatic rings. The van der Waals surface area contributed by atoms with Crippen LogP contribution in [-0.4, -0.2) is 34.0 Å². The standard InChI is InChI=1S/C17H20FN5O/c18-9-13(10-19)11-23-17(24)22(12-21-23)16-3-1-2-15(8-16)14-4-6-20-7-5-14/h1-4,8-9,12,20H,5-7,10-11,19H2/b13-9+. The van der Waals surface area contributed by atoms with Gasteiger partial charge in [0.2, 0.25) is 0 Å². The predicted molar refractivity (Wildman–Crippen MR) is 91.5 cm³/mol. The lowest BCUT2D eigenvalue weighted by atomic mass is 10.00. The Kier molecular flexibility index (Phi) is 5.02. The van der Waals surface area contributed by atoms with Crippen LogP contribution in [-0.2, 0) is 6.54 Å². The summed E-state index contributed by atoms with van der Waals surface area (Å²) in [5.74, 6) is 0. The molecule has 3 rings (SSSR count). The molecular formula is C17H20FN5O. The summed E-state index contributed by atoms with van der Waals surface area (Å²) < 4.78 is 15.3. The van der Waals surface area contributed by atoms with Crippen LogP contribution >= 0.6 is 0 Å². The molecule has 1 aromatic heterocycles. The van der Waals surface area contributed by atoms with E-state index in [1.165, 1.54) is 21.1 Å². The van der Waals surface area contributed by atoms with Crippen LogP contribution in [0.5, 0.6) is 0 Å². The molecule has 0 aliphatic carbocycles. The summed E-state index contributed by atoms with van der Waals surface area (Å²) in [5, 5.41) is 7.33. The molecule has 0 saturated heterocycles. The van der Waals surface area contributed by atoms with Gasteiger partial charge in [-0.3, -0.25) is 0 Å². The molecule has 0 radical (unpaired) electrons. The lowest BCUT2D eigenvalue weighted by Gasteiger charge is -2.15. The quantitative estimate of drug-likeness (QED) is 0.865. The van der Waals surface area contributed by atoms with E-state index in [2.05, 4.69) is 16.5 Å². The maximum atomic E-state index is 12.7. The summed E-state index contributed by atoms with van der Waals surface area (Å²) in [4.78, 5) is 12.5. The maximum absolute atomic E-state index is 12.7. The van der Waals surface area contributed by atoms with Gasteiger partial charge in [-0.1, -0.05) is 18.2 Å². The van der Waals surface area contributed by atoms with E-state index >= 15 is 0 Å². The highest BCUT2D eigenvalue weighted by Crippen LogP contribution is 2.21. The lowest BCUT2D eigenvalue weighted by Crippen LogP contribution is -2.26. The summed E-state index contributed by atoms with van der Waals surface area (Å²) in [7, 11) is 0. The molecule has 2 aromatic rings. The van der Waals surface area contributed by atoms with Gasteiger partial charge in [0.1, 0.15) is 6.33 Å². The Balaban J connectivity index is 1.91. The zero-order valence-corrected chi connectivity index (χ0v) is 13.3. The Bertz CT molecular complexity index is 834. The van der Waals surface area contributed by atoms with Crippen LogP contribution in [0.25, 0.3) is 11.3 Å². The van der Waals surface area contributed by atoms with Gasteiger partial charge >= 0.3 is 5.69 Å². The molecule has 0 spiro atoms. The minimum atomic E-state index is -0.320. The van der Waals surface area contributed by atoms with Gasteiger partial charge < -0.3 is 11.1 Å². The highest BCUT2D eigenvalue weighted by atomic mass is 19.1. The largest absolute Gasteiger partial charge is 0.350 e. The molecule has 1 aromatic carbocycles. The van der Waals surface area contributed by atoms with Gasteiger partial charge in [-0.2, -0.15) is 5.10 Å². The van der Waals surface area contributed by atoms with Crippen molar-refractivity contribution in [2.45, 2.75) is 13.0 Å². The van der Waals surface area contributed by atoms with Crippen molar-refractivity contribution in [3.05, 3.63) is 64.6 Å². The third-order valence-electron chi connectivity index (χ3n) is 4.06. The van der Waals surface area contributed by atoms with E-state index in [9.17, 15) is 9.18 Å². The summed E-state index contributed by atoms with van der Waals surface area (Å²) in [6.45, 7) is 1.91. The van der Waals surface area contributed by atoms with Crippen molar-refractivity contribution in [1.29, 1.82) is 0 Å². The average molecular weight is 329 g/mol. The fourth-order valence-electron chi connectivity index (χ4n) is 2.70. The van der Waals surface area contributed by atoms with E-state index in [0.717, 1.165) is 30.8 Å². The molecule has 0 fully saturated rings. The Morgan fingerprint density at radius 1 is 1.46 bits per heavy atom. The number of benzene rings is 1. The molecule has 0 saturated carbocycles. The molecule has 126 valence electrons. The van der Waals surface area contributed by atoms with E-state index in [1.807, 2.05) is 24.3 Å². The van der Waals surface area contributed by atoms with Crippen molar-refractivity contribution in [2.24, 2.45) is 5.73 Å². The first-order chi connectivity index (χ1) is 11.7. The number of halogens is 1. The number of hydrogen-bond donors (Lipinski definition) is 2. The van der Waals surface area contributed by atoms with Crippen molar-refractivity contribution < 1.29 is 4.39 Å². The minimum absolute atomic E-state index is 0.0491. The molecule has 0 amide bonds. The highest BCUT2D eigenvalue weighted by molar-refractivity contribution is 5.68. The number of nitrogens with two attached hydrogens (primary N) is 1. The van der Waals surface area contributed by atoms with Crippen molar-refractivity contribution in [3.8, 4) is 5.69 Å². The van der Waals surface area contributed by atoms with E-state index in [1.54, 1.807) is 0 Å². The molecule has 6 nitrogen and oxygen atoms in total. The number of aromatic nitrogens is 3. The minimum Gasteiger partial charge on any atom is -0.327 e. The molecule has 0 bridgehead atoms. The Hall–Kier alpha value is -2.51. The molecule has 24 heavy (non-hydrogen) atoms. The topological polar surface area (TPSA) is 77.9 Å². The SMILES string of the molecule is NC/C(=C\F)Cn1ncn(-c2cccc(C3=CCNCC3)c2)c1=O. The van der Waals surface area contributed by atoms with Gasteiger partial charge in [0.05, 0.1) is 18.6 Å². The van der Waals surface area contributed by atoms with Crippen LogP contribution < -0.4 is 16.7 Å². The van der Waals surface area contributed by atoms with Gasteiger partial charge in [-0.05, 0) is 41.8 Å². The molecular weight excluding hydrogens is 309 g/mol. The summed E-state index contributed by atoms with van der Waals surface area (Å²) in [5.41, 5.74) is 8.53. The zero-order chi connectivity index (χ0) is 16.9.